The Bertz CT molecular complexity index is 735. The van der Waals surface area contributed by atoms with E-state index in [1.807, 2.05) is 12.1 Å². The van der Waals surface area contributed by atoms with Crippen LogP contribution in [0.1, 0.15) is 25.1 Å². The molecule has 2 aliphatic heterocycles. The van der Waals surface area contributed by atoms with Crippen molar-refractivity contribution in [3.8, 4) is 22.8 Å². The summed E-state index contributed by atoms with van der Waals surface area (Å²) in [7, 11) is 3.33. The molecule has 5 heteroatoms. The van der Waals surface area contributed by atoms with E-state index in [0.717, 1.165) is 47.6 Å². The van der Waals surface area contributed by atoms with Crippen LogP contribution in [-0.4, -0.2) is 36.9 Å². The number of aromatic nitrogens is 2. The van der Waals surface area contributed by atoms with Crippen LogP contribution in [0, 0.1) is 11.8 Å². The van der Waals surface area contributed by atoms with E-state index in [2.05, 4.69) is 22.1 Å². The highest BCUT2D eigenvalue weighted by Gasteiger charge is 2.28. The van der Waals surface area contributed by atoms with Gasteiger partial charge in [0.2, 0.25) is 0 Å². The molecule has 0 spiro atoms. The SMILES string of the molecule is COc1ccc(-c2cn3c(n2)CC[C@H](C2CCNCC2)C3)cc1OC. The fraction of sp³-hybridized carbons (Fsp3) is 0.550. The van der Waals surface area contributed by atoms with Crippen LogP contribution in [0.2, 0.25) is 0 Å². The average molecular weight is 341 g/mol. The molecule has 1 fully saturated rings. The zero-order valence-electron chi connectivity index (χ0n) is 15.1. The van der Waals surface area contributed by atoms with Crippen LogP contribution < -0.4 is 14.8 Å². The second-order valence-corrected chi connectivity index (χ2v) is 7.15. The number of hydrogen-bond acceptors (Lipinski definition) is 4. The Kier molecular flexibility index (Phi) is 4.66. The lowest BCUT2D eigenvalue weighted by Crippen LogP contribution is -2.35. The van der Waals surface area contributed by atoms with Crippen molar-refractivity contribution in [1.82, 2.24) is 14.9 Å². The van der Waals surface area contributed by atoms with Crippen molar-refractivity contribution in [2.75, 3.05) is 27.3 Å². The zero-order chi connectivity index (χ0) is 17.2. The molecule has 1 saturated heterocycles. The van der Waals surface area contributed by atoms with Gasteiger partial charge in [0.25, 0.3) is 0 Å². The Hall–Kier alpha value is -2.01. The number of aryl methyl sites for hydroxylation is 1. The van der Waals surface area contributed by atoms with Gasteiger partial charge in [-0.1, -0.05) is 0 Å². The van der Waals surface area contributed by atoms with Crippen LogP contribution in [-0.2, 0) is 13.0 Å². The van der Waals surface area contributed by atoms with E-state index in [1.165, 1.54) is 38.2 Å². The summed E-state index contributed by atoms with van der Waals surface area (Å²) in [5, 5.41) is 3.48. The van der Waals surface area contributed by atoms with Gasteiger partial charge in [0.05, 0.1) is 19.9 Å². The third-order valence-electron chi connectivity index (χ3n) is 5.76. The summed E-state index contributed by atoms with van der Waals surface area (Å²) in [6, 6.07) is 6.02. The Morgan fingerprint density at radius 2 is 1.84 bits per heavy atom. The summed E-state index contributed by atoms with van der Waals surface area (Å²) in [4.78, 5) is 4.89. The molecule has 4 rings (SSSR count). The molecule has 134 valence electrons. The maximum atomic E-state index is 5.43. The zero-order valence-corrected chi connectivity index (χ0v) is 15.1. The minimum atomic E-state index is 0.749. The van der Waals surface area contributed by atoms with E-state index in [4.69, 9.17) is 14.5 Å². The van der Waals surface area contributed by atoms with E-state index in [9.17, 15) is 0 Å². The first kappa shape index (κ1) is 16.5. The molecule has 2 aromatic rings. The molecular weight excluding hydrogens is 314 g/mol. The number of fused-ring (bicyclic) bond motifs is 1. The maximum absolute atomic E-state index is 5.43. The second kappa shape index (κ2) is 7.08. The summed E-state index contributed by atoms with van der Waals surface area (Å²) in [5.41, 5.74) is 2.11. The van der Waals surface area contributed by atoms with Crippen molar-refractivity contribution in [2.45, 2.75) is 32.2 Å². The lowest BCUT2D eigenvalue weighted by molar-refractivity contribution is 0.205. The molecule has 1 aromatic heterocycles. The number of rotatable bonds is 4. The van der Waals surface area contributed by atoms with E-state index in [0.29, 0.717) is 0 Å². The van der Waals surface area contributed by atoms with Crippen LogP contribution in [0.4, 0.5) is 0 Å². The highest BCUT2D eigenvalue weighted by molar-refractivity contribution is 5.63. The summed E-state index contributed by atoms with van der Waals surface area (Å²) in [6.45, 7) is 3.46. The van der Waals surface area contributed by atoms with Crippen molar-refractivity contribution in [3.05, 3.63) is 30.2 Å². The van der Waals surface area contributed by atoms with Crippen molar-refractivity contribution < 1.29 is 9.47 Å². The first-order valence-electron chi connectivity index (χ1n) is 9.27. The third kappa shape index (κ3) is 3.25. The molecule has 1 aromatic carbocycles. The Labute approximate surface area is 149 Å². The van der Waals surface area contributed by atoms with Crippen molar-refractivity contribution >= 4 is 0 Å². The molecule has 25 heavy (non-hydrogen) atoms. The highest BCUT2D eigenvalue weighted by atomic mass is 16.5. The van der Waals surface area contributed by atoms with Gasteiger partial charge in [-0.05, 0) is 62.4 Å². The predicted octanol–water partition coefficient (Wildman–Crippen LogP) is 3.13. The largest absolute Gasteiger partial charge is 0.493 e. The normalized spacial score (nSPS) is 21.0. The Balaban J connectivity index is 1.56. The monoisotopic (exact) mass is 341 g/mol. The summed E-state index contributed by atoms with van der Waals surface area (Å²) < 4.78 is 13.1. The number of nitrogens with one attached hydrogen (secondary N) is 1. The van der Waals surface area contributed by atoms with Crippen LogP contribution in [0.15, 0.2) is 24.4 Å². The van der Waals surface area contributed by atoms with Gasteiger partial charge in [-0.15, -0.1) is 0 Å². The lowest BCUT2D eigenvalue weighted by Gasteiger charge is -2.33. The second-order valence-electron chi connectivity index (χ2n) is 7.15. The van der Waals surface area contributed by atoms with Gasteiger partial charge >= 0.3 is 0 Å². The molecule has 0 unspecified atom stereocenters. The molecule has 0 radical (unpaired) electrons. The molecule has 1 atom stereocenters. The van der Waals surface area contributed by atoms with Gasteiger partial charge in [-0.2, -0.15) is 0 Å². The van der Waals surface area contributed by atoms with Crippen LogP contribution >= 0.6 is 0 Å². The first-order chi connectivity index (χ1) is 12.3. The number of nitrogens with zero attached hydrogens (tertiary/aromatic N) is 2. The molecule has 3 heterocycles. The standard InChI is InChI=1S/C20H27N3O2/c1-24-18-5-3-15(11-19(18)25-2)17-13-23-12-16(4-6-20(23)22-17)14-7-9-21-10-8-14/h3,5,11,13-14,16,21H,4,6-10,12H2,1-2H3/t16-/m0/s1. The van der Waals surface area contributed by atoms with Crippen LogP contribution in [0.25, 0.3) is 11.3 Å². The quantitative estimate of drug-likeness (QED) is 0.928. The predicted molar refractivity (Wildman–Crippen MR) is 98.2 cm³/mol. The number of methoxy groups -OCH3 is 2. The Morgan fingerprint density at radius 3 is 2.60 bits per heavy atom. The molecule has 0 amide bonds. The average Bonchev–Trinajstić information content (AvgIpc) is 3.11. The van der Waals surface area contributed by atoms with Crippen LogP contribution in [0.3, 0.4) is 0 Å². The van der Waals surface area contributed by atoms with Gasteiger partial charge in [0.1, 0.15) is 5.82 Å². The van der Waals surface area contributed by atoms with Crippen LogP contribution in [0.5, 0.6) is 11.5 Å². The van der Waals surface area contributed by atoms with Gasteiger partial charge in [-0.25, -0.2) is 4.98 Å². The van der Waals surface area contributed by atoms with E-state index in [1.54, 1.807) is 14.2 Å². The van der Waals surface area contributed by atoms with Crippen molar-refractivity contribution in [2.24, 2.45) is 11.8 Å². The van der Waals surface area contributed by atoms with Gasteiger partial charge < -0.3 is 19.4 Å². The summed E-state index contributed by atoms with van der Waals surface area (Å²) in [6.07, 6.45) is 7.20. The number of ether oxygens (including phenoxy) is 2. The van der Waals surface area contributed by atoms with E-state index >= 15 is 0 Å². The molecule has 1 N–H and O–H groups in total. The third-order valence-corrected chi connectivity index (χ3v) is 5.76. The number of hydrogen-bond donors (Lipinski definition) is 1. The van der Waals surface area contributed by atoms with Gasteiger partial charge in [0.15, 0.2) is 11.5 Å². The fourth-order valence-corrected chi connectivity index (χ4v) is 4.31. The van der Waals surface area contributed by atoms with Crippen molar-refractivity contribution in [3.63, 3.8) is 0 Å². The fourth-order valence-electron chi connectivity index (χ4n) is 4.31. The maximum Gasteiger partial charge on any atom is 0.161 e. The smallest absolute Gasteiger partial charge is 0.161 e. The number of benzene rings is 1. The minimum absolute atomic E-state index is 0.749. The first-order valence-corrected chi connectivity index (χ1v) is 9.27. The number of imidazole rings is 1. The molecular formula is C20H27N3O2. The molecule has 5 nitrogen and oxygen atoms in total. The van der Waals surface area contributed by atoms with Gasteiger partial charge in [0, 0.05) is 24.7 Å². The number of piperidine rings is 1. The van der Waals surface area contributed by atoms with Gasteiger partial charge in [-0.3, -0.25) is 0 Å². The summed E-state index contributed by atoms with van der Waals surface area (Å²) >= 11 is 0. The topological polar surface area (TPSA) is 48.3 Å². The lowest BCUT2D eigenvalue weighted by atomic mass is 9.81. The molecule has 0 saturated carbocycles. The Morgan fingerprint density at radius 1 is 1.04 bits per heavy atom. The van der Waals surface area contributed by atoms with E-state index in [-0.39, 0.29) is 0 Å². The molecule has 0 bridgehead atoms. The highest BCUT2D eigenvalue weighted by Crippen LogP contribution is 2.35. The van der Waals surface area contributed by atoms with E-state index < -0.39 is 0 Å². The molecule has 2 aliphatic rings. The van der Waals surface area contributed by atoms with Crippen molar-refractivity contribution in [1.29, 1.82) is 0 Å². The minimum Gasteiger partial charge on any atom is -0.493 e. The molecule has 0 aliphatic carbocycles. The summed E-state index contributed by atoms with van der Waals surface area (Å²) in [5.74, 6) is 4.37.